The van der Waals surface area contributed by atoms with Crippen LogP contribution in [0.3, 0.4) is 0 Å². The molecule has 0 heterocycles. The Morgan fingerprint density at radius 2 is 1.76 bits per heavy atom. The largest absolute Gasteiger partial charge is 0.453 e. The summed E-state index contributed by atoms with van der Waals surface area (Å²) in [6.07, 6.45) is 0.123. The van der Waals surface area contributed by atoms with E-state index < -0.39 is 15.8 Å². The molecular weight excluding hydrogens is 395 g/mol. The average Bonchev–Trinajstić information content (AvgIpc) is 2.66. The minimum atomic E-state index is -4.19. The number of aryl methyl sites for hydroxylation is 1. The van der Waals surface area contributed by atoms with Gasteiger partial charge in [0.1, 0.15) is 10.6 Å². The number of halogens is 1. The lowest BCUT2D eigenvalue weighted by Gasteiger charge is -2.13. The van der Waals surface area contributed by atoms with Gasteiger partial charge in [0, 0.05) is 5.69 Å². The number of carbonyl (C=O) groups excluding carboxylic acids is 1. The van der Waals surface area contributed by atoms with Gasteiger partial charge < -0.3 is 10.1 Å². The molecule has 3 rings (SSSR count). The first-order valence-corrected chi connectivity index (χ1v) is 10.2. The lowest BCUT2D eigenvalue weighted by molar-refractivity contribution is -0.115. The Labute approximate surface area is 168 Å². The highest BCUT2D eigenvalue weighted by Crippen LogP contribution is 2.32. The van der Waals surface area contributed by atoms with Crippen LogP contribution in [0.2, 0.25) is 0 Å². The van der Waals surface area contributed by atoms with Crippen LogP contribution in [0, 0.1) is 12.7 Å². The van der Waals surface area contributed by atoms with E-state index >= 15 is 0 Å². The molecule has 0 saturated heterocycles. The molecule has 0 aliphatic rings. The molecule has 1 amide bonds. The van der Waals surface area contributed by atoms with Gasteiger partial charge in [-0.3, -0.25) is 4.79 Å². The molecule has 0 radical (unpaired) electrons. The molecule has 3 aromatic rings. The lowest BCUT2D eigenvalue weighted by atomic mass is 10.1. The third kappa shape index (κ3) is 5.40. The number of amides is 1. The van der Waals surface area contributed by atoms with E-state index in [4.69, 9.17) is 9.88 Å². The van der Waals surface area contributed by atoms with Gasteiger partial charge in [-0.25, -0.2) is 17.9 Å². The van der Waals surface area contributed by atoms with Crippen molar-refractivity contribution >= 4 is 21.6 Å². The Morgan fingerprint density at radius 1 is 1.03 bits per heavy atom. The van der Waals surface area contributed by atoms with Crippen LogP contribution in [-0.4, -0.2) is 14.3 Å². The van der Waals surface area contributed by atoms with E-state index in [1.54, 1.807) is 13.0 Å². The number of benzene rings is 3. The molecule has 0 aliphatic heterocycles. The zero-order chi connectivity index (χ0) is 21.0. The van der Waals surface area contributed by atoms with E-state index in [0.29, 0.717) is 0 Å². The number of nitrogens with one attached hydrogen (secondary N) is 1. The van der Waals surface area contributed by atoms with Crippen molar-refractivity contribution in [3.05, 3.63) is 83.7 Å². The minimum Gasteiger partial charge on any atom is -0.453 e. The predicted octanol–water partition coefficient (Wildman–Crippen LogP) is 3.76. The zero-order valence-electron chi connectivity index (χ0n) is 15.6. The third-order valence-electron chi connectivity index (χ3n) is 4.05. The standard InChI is InChI=1S/C21H19FN2O4S/c1-14-7-9-17(22)19(11-14)28-18-10-8-16(13-20(18)29(23,26)27)24-21(25)12-15-5-3-2-4-6-15/h2-11,13H,12H2,1H3,(H,24,25)(H2,23,26,27). The van der Waals surface area contributed by atoms with Crippen molar-refractivity contribution in [3.8, 4) is 11.5 Å². The molecular formula is C21H19FN2O4S. The number of rotatable bonds is 6. The van der Waals surface area contributed by atoms with Crippen LogP contribution >= 0.6 is 0 Å². The zero-order valence-corrected chi connectivity index (χ0v) is 16.4. The number of sulfonamides is 1. The summed E-state index contributed by atoms with van der Waals surface area (Å²) in [4.78, 5) is 11.9. The molecule has 0 aliphatic carbocycles. The van der Waals surface area contributed by atoms with Crippen LogP contribution < -0.4 is 15.2 Å². The minimum absolute atomic E-state index is 0.123. The van der Waals surface area contributed by atoms with Crippen LogP contribution in [0.5, 0.6) is 11.5 Å². The van der Waals surface area contributed by atoms with Crippen molar-refractivity contribution in [2.45, 2.75) is 18.2 Å². The molecule has 0 unspecified atom stereocenters. The van der Waals surface area contributed by atoms with Crippen LogP contribution in [0.1, 0.15) is 11.1 Å². The van der Waals surface area contributed by atoms with Gasteiger partial charge in [0.2, 0.25) is 15.9 Å². The number of ether oxygens (including phenoxy) is 1. The lowest BCUT2D eigenvalue weighted by Crippen LogP contribution is -2.17. The first-order valence-electron chi connectivity index (χ1n) is 8.67. The first-order chi connectivity index (χ1) is 13.7. The number of carbonyl (C=O) groups is 1. The van der Waals surface area contributed by atoms with Gasteiger partial charge in [-0.1, -0.05) is 36.4 Å². The Morgan fingerprint density at radius 3 is 2.45 bits per heavy atom. The summed E-state index contributed by atoms with van der Waals surface area (Å²) in [5.74, 6) is -1.24. The van der Waals surface area contributed by atoms with Crippen LogP contribution in [0.4, 0.5) is 10.1 Å². The number of anilines is 1. The summed E-state index contributed by atoms with van der Waals surface area (Å²) < 4.78 is 43.5. The maximum absolute atomic E-state index is 14.0. The van der Waals surface area contributed by atoms with E-state index in [0.717, 1.165) is 11.1 Å². The summed E-state index contributed by atoms with van der Waals surface area (Å²) >= 11 is 0. The van der Waals surface area contributed by atoms with E-state index in [2.05, 4.69) is 5.32 Å². The number of hydrogen-bond donors (Lipinski definition) is 2. The van der Waals surface area contributed by atoms with Gasteiger partial charge in [0.15, 0.2) is 11.6 Å². The Kier molecular flexibility index (Phi) is 5.95. The van der Waals surface area contributed by atoms with E-state index in [1.165, 1.54) is 30.3 Å². The van der Waals surface area contributed by atoms with E-state index in [-0.39, 0.29) is 34.4 Å². The Hall–Kier alpha value is -3.23. The van der Waals surface area contributed by atoms with Crippen molar-refractivity contribution in [1.29, 1.82) is 0 Å². The maximum Gasteiger partial charge on any atom is 0.241 e. The van der Waals surface area contributed by atoms with E-state index in [9.17, 15) is 17.6 Å². The smallest absolute Gasteiger partial charge is 0.241 e. The number of primary sulfonamides is 1. The predicted molar refractivity (Wildman–Crippen MR) is 108 cm³/mol. The van der Waals surface area contributed by atoms with Gasteiger partial charge in [-0.2, -0.15) is 0 Å². The summed E-state index contributed by atoms with van der Waals surface area (Å²) in [5, 5.41) is 7.91. The first kappa shape index (κ1) is 20.5. The van der Waals surface area contributed by atoms with Crippen LogP contribution in [-0.2, 0) is 21.2 Å². The molecule has 3 N–H and O–H groups in total. The highest BCUT2D eigenvalue weighted by Gasteiger charge is 2.19. The number of nitrogens with two attached hydrogens (primary N) is 1. The molecule has 0 bridgehead atoms. The quantitative estimate of drug-likeness (QED) is 0.642. The number of hydrogen-bond acceptors (Lipinski definition) is 4. The van der Waals surface area contributed by atoms with Gasteiger partial charge in [0.25, 0.3) is 0 Å². The van der Waals surface area contributed by atoms with Crippen molar-refractivity contribution < 1.29 is 22.3 Å². The normalized spacial score (nSPS) is 11.1. The van der Waals surface area contributed by atoms with Crippen molar-refractivity contribution in [2.75, 3.05) is 5.32 Å². The molecule has 0 saturated carbocycles. The van der Waals surface area contributed by atoms with Crippen molar-refractivity contribution in [3.63, 3.8) is 0 Å². The summed E-state index contributed by atoms with van der Waals surface area (Å²) in [6, 6.07) is 17.3. The fourth-order valence-electron chi connectivity index (χ4n) is 2.69. The van der Waals surface area contributed by atoms with Gasteiger partial charge >= 0.3 is 0 Å². The molecule has 0 spiro atoms. The molecule has 0 aromatic heterocycles. The van der Waals surface area contributed by atoms with Gasteiger partial charge in [-0.05, 0) is 48.4 Å². The van der Waals surface area contributed by atoms with Crippen molar-refractivity contribution in [2.24, 2.45) is 5.14 Å². The third-order valence-corrected chi connectivity index (χ3v) is 4.98. The second kappa shape index (κ2) is 8.42. The molecule has 0 atom stereocenters. The van der Waals surface area contributed by atoms with Crippen LogP contribution in [0.15, 0.2) is 71.6 Å². The average molecular weight is 414 g/mol. The molecule has 29 heavy (non-hydrogen) atoms. The second-order valence-corrected chi connectivity index (χ2v) is 7.98. The SMILES string of the molecule is Cc1ccc(F)c(Oc2ccc(NC(=O)Cc3ccccc3)cc2S(N)(=O)=O)c1. The van der Waals surface area contributed by atoms with Crippen LogP contribution in [0.25, 0.3) is 0 Å². The summed E-state index contributed by atoms with van der Waals surface area (Å²) in [5.41, 5.74) is 1.78. The van der Waals surface area contributed by atoms with E-state index in [1.807, 2.05) is 30.3 Å². The Bertz CT molecular complexity index is 1150. The molecule has 3 aromatic carbocycles. The maximum atomic E-state index is 14.0. The molecule has 150 valence electrons. The molecule has 8 heteroatoms. The Balaban J connectivity index is 1.86. The fraction of sp³-hybridized carbons (Fsp3) is 0.0952. The highest BCUT2D eigenvalue weighted by molar-refractivity contribution is 7.89. The molecule has 6 nitrogen and oxygen atoms in total. The van der Waals surface area contributed by atoms with Gasteiger partial charge in [-0.15, -0.1) is 0 Å². The molecule has 0 fully saturated rings. The summed E-state index contributed by atoms with van der Waals surface area (Å²) in [6.45, 7) is 1.75. The monoisotopic (exact) mass is 414 g/mol. The fourth-order valence-corrected chi connectivity index (χ4v) is 3.37. The van der Waals surface area contributed by atoms with Gasteiger partial charge in [0.05, 0.1) is 6.42 Å². The topological polar surface area (TPSA) is 98.5 Å². The second-order valence-electron chi connectivity index (χ2n) is 6.45. The highest BCUT2D eigenvalue weighted by atomic mass is 32.2. The van der Waals surface area contributed by atoms with Crippen molar-refractivity contribution in [1.82, 2.24) is 0 Å². The summed E-state index contributed by atoms with van der Waals surface area (Å²) in [7, 11) is -4.19.